The number of para-hydroxylation sites is 1. The van der Waals surface area contributed by atoms with Gasteiger partial charge in [0, 0.05) is 31.6 Å². The van der Waals surface area contributed by atoms with Crippen molar-refractivity contribution in [1.29, 1.82) is 0 Å². The molecule has 0 radical (unpaired) electrons. The molecule has 0 spiro atoms. The van der Waals surface area contributed by atoms with Crippen molar-refractivity contribution in [2.24, 2.45) is 11.8 Å². The number of nitrogens with zero attached hydrogens (tertiary/aromatic N) is 1. The lowest BCUT2D eigenvalue weighted by Crippen LogP contribution is -2.34. The number of anilines is 1. The monoisotopic (exact) mass is 259 g/mol. The molecule has 2 rings (SSSR count). The van der Waals surface area contributed by atoms with Crippen LogP contribution in [0.2, 0.25) is 0 Å². The lowest BCUT2D eigenvalue weighted by atomic mass is 9.78. The first-order chi connectivity index (χ1) is 9.20. The Kier molecular flexibility index (Phi) is 5.00. The Labute approximate surface area is 116 Å². The highest BCUT2D eigenvalue weighted by molar-refractivity contribution is 5.82. The van der Waals surface area contributed by atoms with Crippen molar-refractivity contribution in [2.75, 3.05) is 18.5 Å². The van der Waals surface area contributed by atoms with Gasteiger partial charge in [-0.1, -0.05) is 38.0 Å². The molecule has 104 valence electrons. The normalized spacial score (nSPS) is 23.4. The van der Waals surface area contributed by atoms with Crippen molar-refractivity contribution in [1.82, 2.24) is 0 Å². The van der Waals surface area contributed by atoms with E-state index in [9.17, 15) is 4.79 Å². The number of ketones is 1. The predicted octanol–water partition coefficient (Wildman–Crippen LogP) is 3.91. The lowest BCUT2D eigenvalue weighted by molar-refractivity contribution is -0.125. The van der Waals surface area contributed by atoms with Crippen molar-refractivity contribution < 1.29 is 4.79 Å². The van der Waals surface area contributed by atoms with Crippen LogP contribution in [0.15, 0.2) is 30.3 Å². The maximum absolute atomic E-state index is 12.1. The highest BCUT2D eigenvalue weighted by Gasteiger charge is 2.28. The van der Waals surface area contributed by atoms with Crippen molar-refractivity contribution in [2.45, 2.75) is 39.0 Å². The first-order valence-electron chi connectivity index (χ1n) is 7.49. The van der Waals surface area contributed by atoms with Crippen LogP contribution in [0.1, 0.15) is 39.0 Å². The molecule has 0 amide bonds. The van der Waals surface area contributed by atoms with Crippen LogP contribution in [-0.4, -0.2) is 19.4 Å². The van der Waals surface area contributed by atoms with E-state index in [1.54, 1.807) is 0 Å². The molecule has 1 aliphatic carbocycles. The Balaban J connectivity index is 1.95. The zero-order valence-corrected chi connectivity index (χ0v) is 12.1. The van der Waals surface area contributed by atoms with Crippen LogP contribution in [0.3, 0.4) is 0 Å². The molecule has 2 atom stereocenters. The molecule has 1 fully saturated rings. The van der Waals surface area contributed by atoms with Crippen molar-refractivity contribution in [3.63, 3.8) is 0 Å². The Morgan fingerprint density at radius 3 is 2.68 bits per heavy atom. The van der Waals surface area contributed by atoms with Gasteiger partial charge in [0.1, 0.15) is 5.78 Å². The van der Waals surface area contributed by atoms with Crippen LogP contribution in [0.5, 0.6) is 0 Å². The average molecular weight is 259 g/mol. The maximum atomic E-state index is 12.1. The van der Waals surface area contributed by atoms with Crippen LogP contribution < -0.4 is 4.90 Å². The van der Waals surface area contributed by atoms with Gasteiger partial charge in [0.15, 0.2) is 0 Å². The summed E-state index contributed by atoms with van der Waals surface area (Å²) in [6.07, 6.45) is 5.50. The van der Waals surface area contributed by atoms with Crippen molar-refractivity contribution >= 4 is 11.5 Å². The fraction of sp³-hybridized carbons (Fsp3) is 0.588. The molecule has 2 heteroatoms. The topological polar surface area (TPSA) is 20.3 Å². The third kappa shape index (κ3) is 3.82. The zero-order chi connectivity index (χ0) is 13.7. The summed E-state index contributed by atoms with van der Waals surface area (Å²) in [6.45, 7) is 3.10. The maximum Gasteiger partial charge on any atom is 0.137 e. The second-order valence-corrected chi connectivity index (χ2v) is 5.81. The minimum Gasteiger partial charge on any atom is -0.374 e. The van der Waals surface area contributed by atoms with Crippen molar-refractivity contribution in [3.8, 4) is 0 Å². The number of carbonyl (C=O) groups excluding carboxylic acids is 1. The number of hydrogen-bond acceptors (Lipinski definition) is 2. The summed E-state index contributed by atoms with van der Waals surface area (Å²) in [5.41, 5.74) is 1.20. The summed E-state index contributed by atoms with van der Waals surface area (Å²) < 4.78 is 0. The van der Waals surface area contributed by atoms with Crippen molar-refractivity contribution in [3.05, 3.63) is 30.3 Å². The van der Waals surface area contributed by atoms with E-state index in [-0.39, 0.29) is 5.92 Å². The number of hydrogen-bond donors (Lipinski definition) is 0. The molecular formula is C17H25NO. The van der Waals surface area contributed by atoms with E-state index >= 15 is 0 Å². The summed E-state index contributed by atoms with van der Waals surface area (Å²) in [7, 11) is 2.09. The molecule has 0 saturated heterocycles. The van der Waals surface area contributed by atoms with Gasteiger partial charge in [-0.15, -0.1) is 0 Å². The quantitative estimate of drug-likeness (QED) is 0.799. The number of carbonyl (C=O) groups is 1. The first-order valence-corrected chi connectivity index (χ1v) is 7.49. The van der Waals surface area contributed by atoms with E-state index in [2.05, 4.69) is 43.1 Å². The van der Waals surface area contributed by atoms with E-state index in [0.29, 0.717) is 5.78 Å². The number of Topliss-reactive ketones (excluding diaryl/α,β-unsaturated/α-hetero) is 1. The minimum atomic E-state index is 0.232. The van der Waals surface area contributed by atoms with Crippen LogP contribution in [-0.2, 0) is 4.79 Å². The summed E-state index contributed by atoms with van der Waals surface area (Å²) in [5.74, 6) is 1.46. The third-order valence-corrected chi connectivity index (χ3v) is 4.26. The third-order valence-electron chi connectivity index (χ3n) is 4.26. The predicted molar refractivity (Wildman–Crippen MR) is 80.5 cm³/mol. The van der Waals surface area contributed by atoms with E-state index < -0.39 is 0 Å². The molecule has 19 heavy (non-hydrogen) atoms. The molecular weight excluding hydrogens is 234 g/mol. The smallest absolute Gasteiger partial charge is 0.137 e. The Bertz CT molecular complexity index is 401. The lowest BCUT2D eigenvalue weighted by Gasteiger charge is -2.31. The van der Waals surface area contributed by atoms with Gasteiger partial charge in [-0.25, -0.2) is 0 Å². The van der Waals surface area contributed by atoms with Crippen LogP contribution in [0, 0.1) is 11.8 Å². The van der Waals surface area contributed by atoms with Gasteiger partial charge in [0.25, 0.3) is 0 Å². The Morgan fingerprint density at radius 2 is 2.00 bits per heavy atom. The van der Waals surface area contributed by atoms with Gasteiger partial charge in [0.2, 0.25) is 0 Å². The Hall–Kier alpha value is -1.31. The van der Waals surface area contributed by atoms with Crippen LogP contribution in [0.25, 0.3) is 0 Å². The fourth-order valence-corrected chi connectivity index (χ4v) is 3.17. The molecule has 0 aromatic heterocycles. The minimum absolute atomic E-state index is 0.232. The molecule has 1 aliphatic rings. The summed E-state index contributed by atoms with van der Waals surface area (Å²) in [5, 5.41) is 0. The van der Waals surface area contributed by atoms with Gasteiger partial charge in [-0.05, 0) is 30.9 Å². The zero-order valence-electron chi connectivity index (χ0n) is 12.1. The second-order valence-electron chi connectivity index (χ2n) is 5.81. The summed E-state index contributed by atoms with van der Waals surface area (Å²) >= 11 is 0. The van der Waals surface area contributed by atoms with Gasteiger partial charge < -0.3 is 4.90 Å². The first kappa shape index (κ1) is 14.1. The highest BCUT2D eigenvalue weighted by Crippen LogP contribution is 2.30. The standard InChI is InChI=1S/C17H25NO/c1-3-7-14-10-11-17(19)15(12-14)13-18(2)16-8-5-4-6-9-16/h4-6,8-9,14-15H,3,7,10-13H2,1-2H3. The van der Waals surface area contributed by atoms with Gasteiger partial charge in [0.05, 0.1) is 0 Å². The van der Waals surface area contributed by atoms with E-state index in [0.717, 1.165) is 31.7 Å². The van der Waals surface area contributed by atoms with E-state index in [4.69, 9.17) is 0 Å². The molecule has 1 saturated carbocycles. The van der Waals surface area contributed by atoms with Crippen LogP contribution in [0.4, 0.5) is 5.69 Å². The largest absolute Gasteiger partial charge is 0.374 e. The second kappa shape index (κ2) is 6.74. The number of benzene rings is 1. The molecule has 1 aromatic carbocycles. The average Bonchev–Trinajstić information content (AvgIpc) is 2.44. The van der Waals surface area contributed by atoms with Gasteiger partial charge in [-0.3, -0.25) is 4.79 Å². The van der Waals surface area contributed by atoms with Gasteiger partial charge in [-0.2, -0.15) is 0 Å². The molecule has 0 aliphatic heterocycles. The van der Waals surface area contributed by atoms with E-state index in [1.807, 2.05) is 6.07 Å². The molecule has 0 N–H and O–H groups in total. The Morgan fingerprint density at radius 1 is 1.26 bits per heavy atom. The highest BCUT2D eigenvalue weighted by atomic mass is 16.1. The summed E-state index contributed by atoms with van der Waals surface area (Å²) in [4.78, 5) is 14.3. The number of rotatable bonds is 5. The van der Waals surface area contributed by atoms with Gasteiger partial charge >= 0.3 is 0 Å². The van der Waals surface area contributed by atoms with Crippen LogP contribution >= 0.6 is 0 Å². The summed E-state index contributed by atoms with van der Waals surface area (Å²) in [6, 6.07) is 10.3. The molecule has 2 nitrogen and oxygen atoms in total. The molecule has 2 unspecified atom stereocenters. The molecule has 0 heterocycles. The van der Waals surface area contributed by atoms with E-state index in [1.165, 1.54) is 18.5 Å². The SMILES string of the molecule is CCCC1CCC(=O)C(CN(C)c2ccccc2)C1. The fourth-order valence-electron chi connectivity index (χ4n) is 3.17. The molecule has 1 aromatic rings. The molecule has 0 bridgehead atoms.